The van der Waals surface area contributed by atoms with E-state index in [0.717, 1.165) is 0 Å². The Morgan fingerprint density at radius 1 is 1.40 bits per heavy atom. The molecular weight excluding hydrogens is 130 g/mol. The van der Waals surface area contributed by atoms with Gasteiger partial charge in [0.1, 0.15) is 0 Å². The predicted molar refractivity (Wildman–Crippen MR) is 41.9 cm³/mol. The second kappa shape index (κ2) is 11.3. The molecule has 0 bridgehead atoms. The van der Waals surface area contributed by atoms with E-state index in [4.69, 9.17) is 4.79 Å². The van der Waals surface area contributed by atoms with Crippen LogP contribution >= 0.6 is 0 Å². The van der Waals surface area contributed by atoms with Gasteiger partial charge in [0, 0.05) is 0 Å². The number of carbonyl (C=O) groups excluding carboxylic acids is 1. The van der Waals surface area contributed by atoms with Gasteiger partial charge in [-0.2, -0.15) is 0 Å². The SMILES string of the molecule is C.C1CCNC1.COC=O. The third kappa shape index (κ3) is 10.4. The van der Waals surface area contributed by atoms with Crippen molar-refractivity contribution in [1.82, 2.24) is 5.32 Å². The van der Waals surface area contributed by atoms with Crippen molar-refractivity contribution in [2.45, 2.75) is 20.3 Å². The number of ether oxygens (including phenoxy) is 1. The van der Waals surface area contributed by atoms with Crippen LogP contribution in [-0.2, 0) is 9.53 Å². The summed E-state index contributed by atoms with van der Waals surface area (Å²) in [6, 6.07) is 0. The summed E-state index contributed by atoms with van der Waals surface area (Å²) < 4.78 is 3.86. The van der Waals surface area contributed by atoms with Crippen molar-refractivity contribution in [3.05, 3.63) is 0 Å². The maximum absolute atomic E-state index is 8.95. The lowest BCUT2D eigenvalue weighted by Crippen LogP contribution is -2.03. The summed E-state index contributed by atoms with van der Waals surface area (Å²) in [6.07, 6.45) is 2.78. The molecule has 1 heterocycles. The van der Waals surface area contributed by atoms with E-state index in [-0.39, 0.29) is 7.43 Å². The molecule has 1 fully saturated rings. The quantitative estimate of drug-likeness (QED) is 0.557. The van der Waals surface area contributed by atoms with E-state index in [9.17, 15) is 0 Å². The van der Waals surface area contributed by atoms with Crippen molar-refractivity contribution in [2.75, 3.05) is 20.2 Å². The summed E-state index contributed by atoms with van der Waals surface area (Å²) in [4.78, 5) is 8.95. The number of methoxy groups -OCH3 is 1. The fraction of sp³-hybridized carbons (Fsp3) is 0.857. The Bertz CT molecular complexity index is 55.0. The first-order valence-corrected chi connectivity index (χ1v) is 3.09. The van der Waals surface area contributed by atoms with Crippen LogP contribution in [0.1, 0.15) is 20.3 Å². The molecule has 0 aromatic rings. The molecule has 0 aromatic carbocycles. The minimum absolute atomic E-state index is 0. The van der Waals surface area contributed by atoms with Crippen LogP contribution < -0.4 is 5.32 Å². The van der Waals surface area contributed by atoms with Gasteiger partial charge in [0.15, 0.2) is 0 Å². The highest BCUT2D eigenvalue weighted by atomic mass is 16.5. The molecule has 1 rings (SSSR count). The van der Waals surface area contributed by atoms with Crippen LogP contribution in [0.5, 0.6) is 0 Å². The van der Waals surface area contributed by atoms with Crippen molar-refractivity contribution in [1.29, 1.82) is 0 Å². The number of carbonyl (C=O) groups is 1. The van der Waals surface area contributed by atoms with Gasteiger partial charge in [0.25, 0.3) is 6.47 Å². The summed E-state index contributed by atoms with van der Waals surface area (Å²) in [7, 11) is 1.31. The lowest BCUT2D eigenvalue weighted by atomic mass is 10.4. The van der Waals surface area contributed by atoms with Gasteiger partial charge in [-0.3, -0.25) is 4.79 Å². The highest BCUT2D eigenvalue weighted by Gasteiger charge is 1.93. The minimum atomic E-state index is 0. The van der Waals surface area contributed by atoms with E-state index < -0.39 is 0 Å². The topological polar surface area (TPSA) is 38.3 Å². The average Bonchev–Trinajstić information content (AvgIpc) is 2.43. The molecule has 1 aliphatic heterocycles. The molecule has 3 nitrogen and oxygen atoms in total. The Hall–Kier alpha value is -0.570. The lowest BCUT2D eigenvalue weighted by Gasteiger charge is -1.76. The number of rotatable bonds is 1. The molecule has 0 amide bonds. The van der Waals surface area contributed by atoms with Crippen LogP contribution in [0, 0.1) is 0 Å². The molecule has 62 valence electrons. The summed E-state index contributed by atoms with van der Waals surface area (Å²) in [5, 5.41) is 3.22. The van der Waals surface area contributed by atoms with Gasteiger partial charge in [-0.25, -0.2) is 0 Å². The Balaban J connectivity index is 0. The van der Waals surface area contributed by atoms with Gasteiger partial charge in [-0.05, 0) is 25.9 Å². The first-order valence-electron chi connectivity index (χ1n) is 3.09. The van der Waals surface area contributed by atoms with Gasteiger partial charge in [-0.15, -0.1) is 0 Å². The largest absolute Gasteiger partial charge is 0.471 e. The summed E-state index contributed by atoms with van der Waals surface area (Å²) in [5.74, 6) is 0. The third-order valence-corrected chi connectivity index (χ3v) is 1.05. The predicted octanol–water partition coefficient (Wildman–Crippen LogP) is 0.795. The smallest absolute Gasteiger partial charge is 0.292 e. The fourth-order valence-electron chi connectivity index (χ4n) is 0.625. The van der Waals surface area contributed by atoms with Crippen LogP contribution in [0.25, 0.3) is 0 Å². The standard InChI is InChI=1S/C4H9N.C2H4O2.CH4/c1-2-4-5-3-1;1-4-2-3;/h5H,1-4H2;2H,1H3;1H4. The van der Waals surface area contributed by atoms with Crippen molar-refractivity contribution in [3.63, 3.8) is 0 Å². The second-order valence-corrected chi connectivity index (χ2v) is 1.79. The number of hydrogen-bond donors (Lipinski definition) is 1. The molecule has 0 saturated carbocycles. The Morgan fingerprint density at radius 2 is 1.80 bits per heavy atom. The molecule has 0 unspecified atom stereocenters. The number of hydrogen-bond acceptors (Lipinski definition) is 3. The maximum Gasteiger partial charge on any atom is 0.292 e. The normalized spacial score (nSPS) is 14.1. The van der Waals surface area contributed by atoms with Crippen molar-refractivity contribution < 1.29 is 9.53 Å². The maximum atomic E-state index is 8.95. The highest BCUT2D eigenvalue weighted by Crippen LogP contribution is 1.90. The first-order chi connectivity index (χ1) is 4.41. The molecular formula is C7H17NO2. The van der Waals surface area contributed by atoms with Crippen molar-refractivity contribution >= 4 is 6.47 Å². The van der Waals surface area contributed by atoms with E-state index in [0.29, 0.717) is 6.47 Å². The average molecular weight is 147 g/mol. The van der Waals surface area contributed by atoms with Crippen molar-refractivity contribution in [3.8, 4) is 0 Å². The molecule has 0 radical (unpaired) electrons. The fourth-order valence-corrected chi connectivity index (χ4v) is 0.625. The molecule has 0 atom stereocenters. The van der Waals surface area contributed by atoms with E-state index in [1.807, 2.05) is 0 Å². The van der Waals surface area contributed by atoms with Crippen LogP contribution in [-0.4, -0.2) is 26.7 Å². The van der Waals surface area contributed by atoms with Crippen LogP contribution in [0.4, 0.5) is 0 Å². The van der Waals surface area contributed by atoms with Gasteiger partial charge in [-0.1, -0.05) is 7.43 Å². The summed E-state index contributed by atoms with van der Waals surface area (Å²) >= 11 is 0. The molecule has 10 heavy (non-hydrogen) atoms. The second-order valence-electron chi connectivity index (χ2n) is 1.79. The molecule has 0 aliphatic carbocycles. The van der Waals surface area contributed by atoms with Gasteiger partial charge < -0.3 is 10.1 Å². The molecule has 0 spiro atoms. The zero-order valence-electron chi connectivity index (χ0n) is 5.72. The van der Waals surface area contributed by atoms with Crippen LogP contribution in [0.2, 0.25) is 0 Å². The highest BCUT2D eigenvalue weighted by molar-refractivity contribution is 5.36. The van der Waals surface area contributed by atoms with Gasteiger partial charge in [0.2, 0.25) is 0 Å². The zero-order chi connectivity index (χ0) is 6.95. The third-order valence-electron chi connectivity index (χ3n) is 1.05. The Kier molecular flexibility index (Phi) is 13.7. The molecule has 3 heteroatoms. The van der Waals surface area contributed by atoms with Gasteiger partial charge in [0.05, 0.1) is 7.11 Å². The summed E-state index contributed by atoms with van der Waals surface area (Å²) in [6.45, 7) is 2.88. The van der Waals surface area contributed by atoms with E-state index in [1.165, 1.54) is 33.0 Å². The minimum Gasteiger partial charge on any atom is -0.471 e. The van der Waals surface area contributed by atoms with E-state index in [2.05, 4.69) is 10.1 Å². The Labute approximate surface area is 62.8 Å². The molecule has 1 aliphatic rings. The van der Waals surface area contributed by atoms with Gasteiger partial charge >= 0.3 is 0 Å². The molecule has 1 N–H and O–H groups in total. The monoisotopic (exact) mass is 147 g/mol. The zero-order valence-corrected chi connectivity index (χ0v) is 5.72. The first kappa shape index (κ1) is 12.1. The van der Waals surface area contributed by atoms with Crippen LogP contribution in [0.15, 0.2) is 0 Å². The summed E-state index contributed by atoms with van der Waals surface area (Å²) in [5.41, 5.74) is 0. The molecule has 1 saturated heterocycles. The van der Waals surface area contributed by atoms with Crippen molar-refractivity contribution in [2.24, 2.45) is 0 Å². The van der Waals surface area contributed by atoms with E-state index in [1.54, 1.807) is 0 Å². The number of nitrogens with one attached hydrogen (secondary N) is 1. The Morgan fingerprint density at radius 3 is 1.90 bits per heavy atom. The van der Waals surface area contributed by atoms with E-state index >= 15 is 0 Å². The molecule has 0 aromatic heterocycles. The lowest BCUT2D eigenvalue weighted by molar-refractivity contribution is -0.126. The van der Waals surface area contributed by atoms with Crippen LogP contribution in [0.3, 0.4) is 0 Å².